The molecule has 0 bridgehead atoms. The van der Waals surface area contributed by atoms with Crippen molar-refractivity contribution < 1.29 is 21.8 Å². The quantitative estimate of drug-likeness (QED) is 0.703. The van der Waals surface area contributed by atoms with Crippen molar-refractivity contribution in [2.45, 2.75) is 0 Å². The van der Waals surface area contributed by atoms with Crippen molar-refractivity contribution in [3.63, 3.8) is 0 Å². The first-order chi connectivity index (χ1) is 10.7. The normalized spacial score (nSPS) is 9.78. The van der Waals surface area contributed by atoms with Crippen LogP contribution in [0.2, 0.25) is 5.02 Å². The van der Waals surface area contributed by atoms with Crippen LogP contribution in [-0.4, -0.2) is 5.91 Å². The highest BCUT2D eigenvalue weighted by molar-refractivity contribution is 6.30. The van der Waals surface area contributed by atoms with E-state index in [2.05, 4.69) is 5.32 Å². The van der Waals surface area contributed by atoms with Gasteiger partial charge in [0, 0.05) is 28.9 Å². The van der Waals surface area contributed by atoms with Crippen LogP contribution in [0.5, 0.6) is 0 Å². The summed E-state index contributed by atoms with van der Waals surface area (Å²) in [7, 11) is 0. The standard InChI is InChI=1S/C18H13ClN2O.ClH/c19-15-8-10-16(11-9-15)20-18(22)14-5-4-12-21(13-14)17-6-2-1-3-7-17;/h1-13H;1H. The van der Waals surface area contributed by atoms with Crippen molar-refractivity contribution in [3.8, 4) is 5.69 Å². The van der Waals surface area contributed by atoms with Crippen LogP contribution in [-0.2, 0) is 0 Å². The van der Waals surface area contributed by atoms with E-state index in [1.807, 2.05) is 47.2 Å². The third-order valence-corrected chi connectivity index (χ3v) is 3.47. The fraction of sp³-hybridized carbons (Fsp3) is 0. The van der Waals surface area contributed by atoms with Crippen LogP contribution in [0, 0.1) is 0 Å². The minimum atomic E-state index is -0.160. The monoisotopic (exact) mass is 344 g/mol. The zero-order valence-electron chi connectivity index (χ0n) is 12.1. The molecule has 1 heterocycles. The van der Waals surface area contributed by atoms with Crippen LogP contribution in [0.1, 0.15) is 10.4 Å². The Labute approximate surface area is 146 Å². The van der Waals surface area contributed by atoms with Gasteiger partial charge in [0.2, 0.25) is 5.69 Å². The molecule has 0 aliphatic heterocycles. The predicted octanol–water partition coefficient (Wildman–Crippen LogP) is 0.873. The van der Waals surface area contributed by atoms with E-state index < -0.39 is 0 Å². The second-order valence-corrected chi connectivity index (χ2v) is 5.23. The number of benzene rings is 2. The first kappa shape index (κ1) is 17.0. The van der Waals surface area contributed by atoms with E-state index in [-0.39, 0.29) is 18.3 Å². The fourth-order valence-corrected chi connectivity index (χ4v) is 2.23. The van der Waals surface area contributed by atoms with Gasteiger partial charge in [-0.05, 0) is 30.3 Å². The molecular formula is C18H14Cl2N2O. The lowest BCUT2D eigenvalue weighted by molar-refractivity contribution is -0.595. The van der Waals surface area contributed by atoms with Crippen LogP contribution in [0.25, 0.3) is 5.69 Å². The molecule has 0 aliphatic carbocycles. The molecule has 0 aliphatic rings. The van der Waals surface area contributed by atoms with E-state index >= 15 is 0 Å². The molecule has 0 radical (unpaired) electrons. The summed E-state index contributed by atoms with van der Waals surface area (Å²) in [6, 6.07) is 20.5. The maximum atomic E-state index is 12.3. The number of aromatic nitrogens is 1. The second kappa shape index (κ2) is 7.77. The van der Waals surface area contributed by atoms with Gasteiger partial charge in [-0.1, -0.05) is 29.8 Å². The van der Waals surface area contributed by atoms with Crippen molar-refractivity contribution in [2.24, 2.45) is 0 Å². The van der Waals surface area contributed by atoms with Gasteiger partial charge in [-0.25, -0.2) is 0 Å². The Bertz CT molecular complexity index is 790. The number of nitrogens with one attached hydrogen (secondary N) is 1. The first-order valence-corrected chi connectivity index (χ1v) is 7.24. The van der Waals surface area contributed by atoms with Gasteiger partial charge in [0.15, 0.2) is 12.4 Å². The van der Waals surface area contributed by atoms with E-state index in [9.17, 15) is 4.79 Å². The molecule has 0 unspecified atom stereocenters. The summed E-state index contributed by atoms with van der Waals surface area (Å²) in [6.07, 6.45) is 3.72. The minimum absolute atomic E-state index is 0. The Morgan fingerprint density at radius 3 is 2.30 bits per heavy atom. The molecule has 0 fully saturated rings. The number of nitrogens with zero attached hydrogens (tertiary/aromatic N) is 1. The third kappa shape index (κ3) is 4.31. The van der Waals surface area contributed by atoms with Gasteiger partial charge in [0.25, 0.3) is 5.91 Å². The number of pyridine rings is 1. The van der Waals surface area contributed by atoms with Crippen molar-refractivity contribution in [2.75, 3.05) is 5.32 Å². The molecule has 1 N–H and O–H groups in total. The molecule has 3 rings (SSSR count). The average molecular weight is 345 g/mol. The Balaban J connectivity index is 0.00000192. The predicted molar refractivity (Wildman–Crippen MR) is 87.4 cm³/mol. The smallest absolute Gasteiger partial charge is 0.261 e. The summed E-state index contributed by atoms with van der Waals surface area (Å²) in [4.78, 5) is 12.3. The van der Waals surface area contributed by atoms with Gasteiger partial charge in [0.05, 0.1) is 0 Å². The zero-order valence-corrected chi connectivity index (χ0v) is 13.6. The zero-order chi connectivity index (χ0) is 15.4. The van der Waals surface area contributed by atoms with Crippen molar-refractivity contribution in [1.82, 2.24) is 0 Å². The first-order valence-electron chi connectivity index (χ1n) is 6.86. The lowest BCUT2D eigenvalue weighted by Crippen LogP contribution is -3.00. The van der Waals surface area contributed by atoms with Gasteiger partial charge in [-0.2, -0.15) is 4.57 Å². The summed E-state index contributed by atoms with van der Waals surface area (Å²) >= 11 is 5.84. The molecule has 3 nitrogen and oxygen atoms in total. The maximum Gasteiger partial charge on any atom is 0.261 e. The van der Waals surface area contributed by atoms with Crippen LogP contribution in [0.15, 0.2) is 79.1 Å². The molecule has 1 aromatic heterocycles. The maximum absolute atomic E-state index is 12.3. The number of carbonyl (C=O) groups is 1. The number of hydrogen-bond donors (Lipinski definition) is 1. The van der Waals surface area contributed by atoms with Crippen LogP contribution in [0.3, 0.4) is 0 Å². The topological polar surface area (TPSA) is 33.0 Å². The van der Waals surface area contributed by atoms with E-state index in [4.69, 9.17) is 11.6 Å². The van der Waals surface area contributed by atoms with Gasteiger partial charge < -0.3 is 17.7 Å². The molecule has 5 heteroatoms. The van der Waals surface area contributed by atoms with E-state index in [0.29, 0.717) is 16.3 Å². The SMILES string of the molecule is O=C(Nc1ccc(Cl)cc1)c1ccc[n+](-c2ccccc2)c1.[Cl-]. The largest absolute Gasteiger partial charge is 1.00 e. The van der Waals surface area contributed by atoms with Crippen LogP contribution < -0.4 is 22.3 Å². The third-order valence-electron chi connectivity index (χ3n) is 3.22. The number of anilines is 1. The van der Waals surface area contributed by atoms with Crippen LogP contribution in [0.4, 0.5) is 5.69 Å². The summed E-state index contributed by atoms with van der Waals surface area (Å²) < 4.78 is 1.91. The highest BCUT2D eigenvalue weighted by Crippen LogP contribution is 2.14. The summed E-state index contributed by atoms with van der Waals surface area (Å²) in [5.41, 5.74) is 2.30. The van der Waals surface area contributed by atoms with Gasteiger partial charge in [0.1, 0.15) is 5.56 Å². The summed E-state index contributed by atoms with van der Waals surface area (Å²) in [5, 5.41) is 3.49. The Hall–Kier alpha value is -2.36. The number of rotatable bonds is 3. The lowest BCUT2D eigenvalue weighted by atomic mass is 10.2. The highest BCUT2D eigenvalue weighted by Gasteiger charge is 2.12. The molecule has 2 aromatic carbocycles. The van der Waals surface area contributed by atoms with Crippen molar-refractivity contribution in [3.05, 3.63) is 89.7 Å². The van der Waals surface area contributed by atoms with E-state index in [1.54, 1.807) is 36.5 Å². The molecule has 0 atom stereocenters. The van der Waals surface area contributed by atoms with Gasteiger partial charge >= 0.3 is 0 Å². The molecular weight excluding hydrogens is 331 g/mol. The Morgan fingerprint density at radius 1 is 0.913 bits per heavy atom. The molecule has 23 heavy (non-hydrogen) atoms. The lowest BCUT2D eigenvalue weighted by Gasteiger charge is -2.04. The fourth-order valence-electron chi connectivity index (χ4n) is 2.11. The van der Waals surface area contributed by atoms with E-state index in [0.717, 1.165) is 5.69 Å². The number of amides is 1. The summed E-state index contributed by atoms with van der Waals surface area (Å²) in [6.45, 7) is 0. The average Bonchev–Trinajstić information content (AvgIpc) is 2.58. The van der Waals surface area contributed by atoms with Gasteiger partial charge in [-0.15, -0.1) is 0 Å². The van der Waals surface area contributed by atoms with Crippen molar-refractivity contribution >= 4 is 23.2 Å². The number of hydrogen-bond acceptors (Lipinski definition) is 1. The Kier molecular flexibility index (Phi) is 5.74. The number of carbonyl (C=O) groups excluding carboxylic acids is 1. The second-order valence-electron chi connectivity index (χ2n) is 4.80. The molecule has 116 valence electrons. The molecule has 0 spiro atoms. The molecule has 3 aromatic rings. The summed E-state index contributed by atoms with van der Waals surface area (Å²) in [5.74, 6) is -0.160. The van der Waals surface area contributed by atoms with Crippen molar-refractivity contribution in [1.29, 1.82) is 0 Å². The number of para-hydroxylation sites is 1. The van der Waals surface area contributed by atoms with Crippen LogP contribution >= 0.6 is 11.6 Å². The minimum Gasteiger partial charge on any atom is -1.00 e. The molecule has 1 amide bonds. The van der Waals surface area contributed by atoms with Gasteiger partial charge in [-0.3, -0.25) is 4.79 Å². The van der Waals surface area contributed by atoms with E-state index in [1.165, 1.54) is 0 Å². The molecule has 0 saturated heterocycles. The Morgan fingerprint density at radius 2 is 1.61 bits per heavy atom. The number of halogens is 2. The highest BCUT2D eigenvalue weighted by atomic mass is 35.5. The molecule has 0 saturated carbocycles.